The van der Waals surface area contributed by atoms with Gasteiger partial charge < -0.3 is 15.0 Å². The second kappa shape index (κ2) is 5.83. The first kappa shape index (κ1) is 13.5. The smallest absolute Gasteiger partial charge is 0.295 e. The molecule has 0 unspecified atom stereocenters. The van der Waals surface area contributed by atoms with Gasteiger partial charge in [0.25, 0.3) is 11.2 Å². The van der Waals surface area contributed by atoms with Gasteiger partial charge >= 0.3 is 0 Å². The van der Waals surface area contributed by atoms with E-state index >= 15 is 0 Å². The van der Waals surface area contributed by atoms with Crippen LogP contribution >= 0.6 is 0 Å². The van der Waals surface area contributed by atoms with Gasteiger partial charge in [-0.2, -0.15) is 0 Å². The van der Waals surface area contributed by atoms with Gasteiger partial charge in [-0.1, -0.05) is 12.1 Å². The number of H-pyrrole nitrogens is 1. The van der Waals surface area contributed by atoms with Crippen molar-refractivity contribution >= 4 is 11.5 Å². The van der Waals surface area contributed by atoms with Crippen molar-refractivity contribution < 1.29 is 9.66 Å². The van der Waals surface area contributed by atoms with Crippen molar-refractivity contribution in [2.45, 2.75) is 6.54 Å². The highest BCUT2D eigenvalue weighted by atomic mass is 16.6. The van der Waals surface area contributed by atoms with E-state index in [1.54, 1.807) is 12.1 Å². The van der Waals surface area contributed by atoms with Crippen molar-refractivity contribution in [3.63, 3.8) is 0 Å². The third-order valence-corrected chi connectivity index (χ3v) is 2.62. The van der Waals surface area contributed by atoms with Crippen LogP contribution in [0, 0.1) is 10.1 Å². The molecule has 0 aliphatic rings. The van der Waals surface area contributed by atoms with Crippen molar-refractivity contribution in [3.8, 4) is 5.75 Å². The highest BCUT2D eigenvalue weighted by Gasteiger charge is 2.09. The Balaban J connectivity index is 2.11. The van der Waals surface area contributed by atoms with Crippen LogP contribution < -0.4 is 15.6 Å². The maximum absolute atomic E-state index is 11.5. The van der Waals surface area contributed by atoms with Gasteiger partial charge in [0, 0.05) is 18.7 Å². The zero-order valence-electron chi connectivity index (χ0n) is 10.6. The molecule has 20 heavy (non-hydrogen) atoms. The van der Waals surface area contributed by atoms with Crippen LogP contribution in [0.4, 0.5) is 11.5 Å². The number of rotatable bonds is 5. The first-order valence-corrected chi connectivity index (χ1v) is 5.70. The van der Waals surface area contributed by atoms with Crippen molar-refractivity contribution in [1.82, 2.24) is 9.97 Å². The summed E-state index contributed by atoms with van der Waals surface area (Å²) in [5, 5.41) is 13.5. The third-order valence-electron chi connectivity index (χ3n) is 2.62. The van der Waals surface area contributed by atoms with Crippen LogP contribution in [0.5, 0.6) is 5.75 Å². The van der Waals surface area contributed by atoms with E-state index in [0.717, 1.165) is 5.56 Å². The lowest BCUT2D eigenvalue weighted by molar-refractivity contribution is -0.384. The van der Waals surface area contributed by atoms with Gasteiger partial charge in [-0.25, -0.2) is 4.98 Å². The minimum atomic E-state index is -0.460. The molecule has 1 aromatic heterocycles. The molecule has 1 aromatic carbocycles. The van der Waals surface area contributed by atoms with E-state index in [4.69, 9.17) is 4.74 Å². The van der Waals surface area contributed by atoms with Gasteiger partial charge in [0.15, 0.2) is 5.82 Å². The molecule has 2 N–H and O–H groups in total. The van der Waals surface area contributed by atoms with Crippen LogP contribution in [0.25, 0.3) is 0 Å². The van der Waals surface area contributed by atoms with Gasteiger partial charge in [0.05, 0.1) is 18.4 Å². The lowest BCUT2D eigenvalue weighted by Crippen LogP contribution is -2.14. The molecule has 0 saturated carbocycles. The zero-order chi connectivity index (χ0) is 14.5. The Hall–Kier alpha value is -2.90. The summed E-state index contributed by atoms with van der Waals surface area (Å²) in [6, 6.07) is 6.09. The number of nitro groups is 1. The number of ether oxygens (including phenoxy) is 1. The number of nitro benzene ring substituents is 1. The molecule has 2 rings (SSSR count). The second-order valence-corrected chi connectivity index (χ2v) is 3.89. The molecule has 0 aliphatic carbocycles. The molecule has 0 bridgehead atoms. The summed E-state index contributed by atoms with van der Waals surface area (Å²) in [7, 11) is 1.38. The van der Waals surface area contributed by atoms with E-state index in [1.807, 2.05) is 0 Å². The molecule has 0 amide bonds. The van der Waals surface area contributed by atoms with E-state index in [2.05, 4.69) is 15.3 Å². The molecule has 0 atom stereocenters. The van der Waals surface area contributed by atoms with Crippen LogP contribution in [0.2, 0.25) is 0 Å². The third kappa shape index (κ3) is 2.91. The van der Waals surface area contributed by atoms with Gasteiger partial charge in [0.2, 0.25) is 5.75 Å². The van der Waals surface area contributed by atoms with E-state index in [1.165, 1.54) is 25.6 Å². The molecular weight excluding hydrogens is 264 g/mol. The summed E-state index contributed by atoms with van der Waals surface area (Å²) in [6.07, 6.45) is 1.27. The van der Waals surface area contributed by atoms with Crippen molar-refractivity contribution in [2.75, 3.05) is 12.4 Å². The van der Waals surface area contributed by atoms with Crippen LogP contribution in [0.3, 0.4) is 0 Å². The highest BCUT2D eigenvalue weighted by molar-refractivity contribution is 5.48. The van der Waals surface area contributed by atoms with Crippen LogP contribution in [0.15, 0.2) is 35.4 Å². The molecule has 0 spiro atoms. The molecule has 0 aliphatic heterocycles. The average molecular weight is 276 g/mol. The van der Waals surface area contributed by atoms with Crippen LogP contribution in [0.1, 0.15) is 5.56 Å². The summed E-state index contributed by atoms with van der Waals surface area (Å²) in [5.41, 5.74) is 0.467. The summed E-state index contributed by atoms with van der Waals surface area (Å²) in [4.78, 5) is 27.9. The Kier molecular flexibility index (Phi) is 3.94. The molecule has 2 aromatic rings. The number of nitrogens with zero attached hydrogens (tertiary/aromatic N) is 2. The molecular formula is C12H12N4O4. The van der Waals surface area contributed by atoms with Crippen LogP contribution in [-0.4, -0.2) is 22.0 Å². The maximum atomic E-state index is 11.5. The molecule has 0 fully saturated rings. The molecule has 0 saturated heterocycles. The number of methoxy groups -OCH3 is 1. The number of non-ortho nitro benzene ring substituents is 1. The Labute approximate surface area is 113 Å². The van der Waals surface area contributed by atoms with E-state index in [9.17, 15) is 14.9 Å². The number of benzene rings is 1. The lowest BCUT2D eigenvalue weighted by Gasteiger charge is -2.08. The standard InChI is InChI=1S/C12H12N4O4/c1-20-10-11(14-7-15-12(10)17)13-6-8-2-4-9(5-3-8)16(18)19/h2-5,7H,6H2,1H3,(H2,13,14,15,17). The second-order valence-electron chi connectivity index (χ2n) is 3.89. The van der Waals surface area contributed by atoms with Gasteiger partial charge in [-0.3, -0.25) is 14.9 Å². The topological polar surface area (TPSA) is 110 Å². The molecule has 0 radical (unpaired) electrons. The fraction of sp³-hybridized carbons (Fsp3) is 0.167. The Morgan fingerprint density at radius 2 is 2.10 bits per heavy atom. The molecule has 8 heteroatoms. The quantitative estimate of drug-likeness (QED) is 0.629. The Morgan fingerprint density at radius 3 is 2.70 bits per heavy atom. The zero-order valence-corrected chi connectivity index (χ0v) is 10.6. The lowest BCUT2D eigenvalue weighted by atomic mass is 10.2. The number of hydrogen-bond acceptors (Lipinski definition) is 6. The predicted molar refractivity (Wildman–Crippen MR) is 71.8 cm³/mol. The number of hydrogen-bond donors (Lipinski definition) is 2. The SMILES string of the molecule is COc1c(NCc2ccc([N+](=O)[O-])cc2)nc[nH]c1=O. The monoisotopic (exact) mass is 276 g/mol. The minimum absolute atomic E-state index is 0.0283. The van der Waals surface area contributed by atoms with E-state index < -0.39 is 4.92 Å². The fourth-order valence-corrected chi connectivity index (χ4v) is 1.62. The first-order chi connectivity index (χ1) is 9.61. The predicted octanol–water partition coefficient (Wildman–Crippen LogP) is 1.30. The summed E-state index contributed by atoms with van der Waals surface area (Å²) in [6.45, 7) is 0.366. The molecule has 104 valence electrons. The van der Waals surface area contributed by atoms with Gasteiger partial charge in [-0.15, -0.1) is 0 Å². The summed E-state index contributed by atoms with van der Waals surface area (Å²) < 4.78 is 4.96. The number of nitrogens with one attached hydrogen (secondary N) is 2. The minimum Gasteiger partial charge on any atom is -0.489 e. The highest BCUT2D eigenvalue weighted by Crippen LogP contribution is 2.17. The summed E-state index contributed by atoms with van der Waals surface area (Å²) in [5.74, 6) is 0.406. The average Bonchev–Trinajstić information content (AvgIpc) is 2.45. The Morgan fingerprint density at radius 1 is 1.40 bits per heavy atom. The van der Waals surface area contributed by atoms with E-state index in [-0.39, 0.29) is 17.0 Å². The largest absolute Gasteiger partial charge is 0.489 e. The number of anilines is 1. The Bertz CT molecular complexity index is 666. The fourth-order valence-electron chi connectivity index (χ4n) is 1.62. The number of aromatic amines is 1. The van der Waals surface area contributed by atoms with Gasteiger partial charge in [0.1, 0.15) is 0 Å². The van der Waals surface area contributed by atoms with Gasteiger partial charge in [-0.05, 0) is 5.56 Å². The molecule has 8 nitrogen and oxygen atoms in total. The van der Waals surface area contributed by atoms with E-state index in [0.29, 0.717) is 12.4 Å². The van der Waals surface area contributed by atoms with Crippen LogP contribution in [-0.2, 0) is 6.54 Å². The summed E-state index contributed by atoms with van der Waals surface area (Å²) >= 11 is 0. The first-order valence-electron chi connectivity index (χ1n) is 5.70. The maximum Gasteiger partial charge on any atom is 0.295 e. The van der Waals surface area contributed by atoms with Crippen molar-refractivity contribution in [1.29, 1.82) is 0 Å². The number of aromatic nitrogens is 2. The normalized spacial score (nSPS) is 10.1. The van der Waals surface area contributed by atoms with Crippen molar-refractivity contribution in [3.05, 3.63) is 56.6 Å². The van der Waals surface area contributed by atoms with Crippen molar-refractivity contribution in [2.24, 2.45) is 0 Å². The molecule has 1 heterocycles.